The van der Waals surface area contributed by atoms with Crippen molar-refractivity contribution in [2.45, 2.75) is 32.7 Å². The van der Waals surface area contributed by atoms with Crippen molar-refractivity contribution >= 4 is 11.6 Å². The molecule has 0 spiro atoms. The number of hydrogen-bond donors (Lipinski definition) is 0. The predicted molar refractivity (Wildman–Crippen MR) is 101 cm³/mol. The fourth-order valence-corrected chi connectivity index (χ4v) is 3.94. The molecule has 2 heterocycles. The van der Waals surface area contributed by atoms with Gasteiger partial charge < -0.3 is 9.64 Å². The van der Waals surface area contributed by atoms with E-state index in [4.69, 9.17) is 4.74 Å². The van der Waals surface area contributed by atoms with Crippen LogP contribution in [0.4, 0.5) is 5.69 Å². The summed E-state index contributed by atoms with van der Waals surface area (Å²) in [5.74, 6) is 0.238. The summed E-state index contributed by atoms with van der Waals surface area (Å²) in [7, 11) is 0. The normalized spacial score (nSPS) is 22.0. The highest BCUT2D eigenvalue weighted by Gasteiger charge is 2.28. The van der Waals surface area contributed by atoms with Crippen molar-refractivity contribution in [2.75, 3.05) is 57.4 Å². The van der Waals surface area contributed by atoms with Crippen LogP contribution in [0.25, 0.3) is 0 Å². The molecule has 0 aromatic heterocycles. The number of hydrogen-bond acceptors (Lipinski definition) is 4. The maximum absolute atomic E-state index is 12.9. The molecule has 0 N–H and O–H groups in total. The van der Waals surface area contributed by atoms with E-state index in [0.717, 1.165) is 64.5 Å². The highest BCUT2D eigenvalue weighted by molar-refractivity contribution is 5.95. The van der Waals surface area contributed by atoms with Gasteiger partial charge in [0.2, 0.25) is 5.91 Å². The lowest BCUT2D eigenvalue weighted by atomic mass is 10.0. The van der Waals surface area contributed by atoms with E-state index in [1.165, 1.54) is 5.56 Å². The fourth-order valence-electron chi connectivity index (χ4n) is 3.94. The second kappa shape index (κ2) is 8.79. The minimum Gasteiger partial charge on any atom is -0.380 e. The summed E-state index contributed by atoms with van der Waals surface area (Å²) in [6.45, 7) is 11.1. The number of ether oxygens (including phenoxy) is 1. The first-order valence-electron chi connectivity index (χ1n) is 9.61. The number of para-hydroxylation sites is 1. The van der Waals surface area contributed by atoms with Crippen molar-refractivity contribution in [3.05, 3.63) is 29.8 Å². The molecule has 138 valence electrons. The Hall–Kier alpha value is -1.43. The van der Waals surface area contributed by atoms with Crippen molar-refractivity contribution in [3.8, 4) is 0 Å². The zero-order valence-corrected chi connectivity index (χ0v) is 15.6. The number of piperazine rings is 1. The Kier molecular flexibility index (Phi) is 6.45. The van der Waals surface area contributed by atoms with Crippen LogP contribution in [0.1, 0.15) is 25.8 Å². The highest BCUT2D eigenvalue weighted by atomic mass is 16.5. The number of amides is 1. The number of nitrogens with zero attached hydrogens (tertiary/aromatic N) is 3. The van der Waals surface area contributed by atoms with Crippen LogP contribution in [0.5, 0.6) is 0 Å². The van der Waals surface area contributed by atoms with Crippen molar-refractivity contribution in [1.82, 2.24) is 9.80 Å². The van der Waals surface area contributed by atoms with Gasteiger partial charge in [0.05, 0.1) is 13.2 Å². The topological polar surface area (TPSA) is 36.0 Å². The quantitative estimate of drug-likeness (QED) is 0.739. The van der Waals surface area contributed by atoms with Gasteiger partial charge in [0, 0.05) is 51.1 Å². The molecule has 1 fully saturated rings. The van der Waals surface area contributed by atoms with Gasteiger partial charge in [-0.2, -0.15) is 0 Å². The maximum atomic E-state index is 12.9. The van der Waals surface area contributed by atoms with Gasteiger partial charge in [-0.05, 0) is 38.3 Å². The summed E-state index contributed by atoms with van der Waals surface area (Å²) in [4.78, 5) is 19.6. The molecular formula is C20H31N3O2. The van der Waals surface area contributed by atoms with E-state index in [1.54, 1.807) is 0 Å². The summed E-state index contributed by atoms with van der Waals surface area (Å²) >= 11 is 0. The molecular weight excluding hydrogens is 314 g/mol. The Bertz CT molecular complexity index is 578. The monoisotopic (exact) mass is 345 g/mol. The van der Waals surface area contributed by atoms with Gasteiger partial charge in [-0.15, -0.1) is 0 Å². The van der Waals surface area contributed by atoms with Gasteiger partial charge in [0.25, 0.3) is 0 Å². The maximum Gasteiger partial charge on any atom is 0.241 e. The summed E-state index contributed by atoms with van der Waals surface area (Å²) in [5, 5.41) is 0. The molecule has 0 aliphatic carbocycles. The lowest BCUT2D eigenvalue weighted by Crippen LogP contribution is -2.55. The number of fused-ring (bicyclic) bond motifs is 1. The second-order valence-electron chi connectivity index (χ2n) is 7.09. The molecule has 1 atom stereocenters. The van der Waals surface area contributed by atoms with Crippen LogP contribution in [0.15, 0.2) is 24.3 Å². The van der Waals surface area contributed by atoms with E-state index in [0.29, 0.717) is 12.6 Å². The van der Waals surface area contributed by atoms with Crippen LogP contribution >= 0.6 is 0 Å². The third kappa shape index (κ3) is 4.60. The van der Waals surface area contributed by atoms with Crippen molar-refractivity contribution in [1.29, 1.82) is 0 Å². The van der Waals surface area contributed by atoms with Gasteiger partial charge in [-0.1, -0.05) is 18.2 Å². The Morgan fingerprint density at radius 2 is 2.08 bits per heavy atom. The minimum absolute atomic E-state index is 0.238. The Labute approximate surface area is 151 Å². The molecule has 5 nitrogen and oxygen atoms in total. The zero-order chi connectivity index (χ0) is 17.6. The number of carbonyl (C=O) groups excluding carboxylic acids is 1. The van der Waals surface area contributed by atoms with Gasteiger partial charge in [0.1, 0.15) is 0 Å². The van der Waals surface area contributed by atoms with Crippen LogP contribution < -0.4 is 4.90 Å². The SMILES string of the molecule is CCOCCN1CCN(CC(=O)N2CCCc3ccccc32)CC1C. The molecule has 1 amide bonds. The third-order valence-electron chi connectivity index (χ3n) is 5.35. The van der Waals surface area contributed by atoms with Crippen molar-refractivity contribution in [2.24, 2.45) is 0 Å². The van der Waals surface area contributed by atoms with Crippen LogP contribution in [0.2, 0.25) is 0 Å². The molecule has 1 aromatic rings. The Morgan fingerprint density at radius 1 is 1.24 bits per heavy atom. The molecule has 0 bridgehead atoms. The molecule has 1 saturated heterocycles. The molecule has 5 heteroatoms. The number of rotatable bonds is 6. The average molecular weight is 345 g/mol. The lowest BCUT2D eigenvalue weighted by Gasteiger charge is -2.40. The first-order chi connectivity index (χ1) is 12.2. The van der Waals surface area contributed by atoms with Crippen LogP contribution in [0, 0.1) is 0 Å². The average Bonchev–Trinajstić information content (AvgIpc) is 2.63. The molecule has 2 aliphatic rings. The first kappa shape index (κ1) is 18.4. The molecule has 25 heavy (non-hydrogen) atoms. The highest BCUT2D eigenvalue weighted by Crippen LogP contribution is 2.26. The molecule has 2 aliphatic heterocycles. The number of anilines is 1. The van der Waals surface area contributed by atoms with Gasteiger partial charge >= 0.3 is 0 Å². The predicted octanol–water partition coefficient (Wildman–Crippen LogP) is 2.01. The van der Waals surface area contributed by atoms with Crippen molar-refractivity contribution < 1.29 is 9.53 Å². The van der Waals surface area contributed by atoms with E-state index >= 15 is 0 Å². The zero-order valence-electron chi connectivity index (χ0n) is 15.6. The number of benzene rings is 1. The summed E-state index contributed by atoms with van der Waals surface area (Å²) in [6, 6.07) is 8.80. The second-order valence-corrected chi connectivity index (χ2v) is 7.09. The molecule has 0 radical (unpaired) electrons. The van der Waals surface area contributed by atoms with E-state index in [2.05, 4.69) is 34.9 Å². The smallest absolute Gasteiger partial charge is 0.241 e. The fraction of sp³-hybridized carbons (Fsp3) is 0.650. The first-order valence-corrected chi connectivity index (χ1v) is 9.61. The lowest BCUT2D eigenvalue weighted by molar-refractivity contribution is -0.120. The van der Waals surface area contributed by atoms with E-state index in [1.807, 2.05) is 17.9 Å². The van der Waals surface area contributed by atoms with Gasteiger partial charge in [-0.25, -0.2) is 0 Å². The van der Waals surface area contributed by atoms with Crippen LogP contribution in [-0.2, 0) is 16.0 Å². The van der Waals surface area contributed by atoms with E-state index in [9.17, 15) is 4.79 Å². The van der Waals surface area contributed by atoms with E-state index < -0.39 is 0 Å². The Morgan fingerprint density at radius 3 is 2.88 bits per heavy atom. The Balaban J connectivity index is 1.53. The minimum atomic E-state index is 0.238. The van der Waals surface area contributed by atoms with Crippen LogP contribution in [-0.4, -0.2) is 74.2 Å². The standard InChI is InChI=1S/C20H31N3O2/c1-3-25-14-13-22-12-11-21(15-17(22)2)16-20(24)23-10-6-8-18-7-4-5-9-19(18)23/h4-5,7,9,17H,3,6,8,10-16H2,1-2H3. The van der Waals surface area contributed by atoms with Crippen molar-refractivity contribution in [3.63, 3.8) is 0 Å². The van der Waals surface area contributed by atoms with Crippen LogP contribution in [0.3, 0.4) is 0 Å². The third-order valence-corrected chi connectivity index (χ3v) is 5.35. The molecule has 1 aromatic carbocycles. The largest absolute Gasteiger partial charge is 0.380 e. The summed E-state index contributed by atoms with van der Waals surface area (Å²) in [5.41, 5.74) is 2.42. The van der Waals surface area contributed by atoms with Gasteiger partial charge in [-0.3, -0.25) is 14.6 Å². The van der Waals surface area contributed by atoms with Gasteiger partial charge in [0.15, 0.2) is 0 Å². The summed E-state index contributed by atoms with van der Waals surface area (Å²) < 4.78 is 5.47. The number of aryl methyl sites for hydroxylation is 1. The molecule has 3 rings (SSSR count). The molecule has 0 saturated carbocycles. The molecule has 1 unspecified atom stereocenters. The summed E-state index contributed by atoms with van der Waals surface area (Å²) in [6.07, 6.45) is 2.14. The van der Waals surface area contributed by atoms with E-state index in [-0.39, 0.29) is 5.91 Å². The number of carbonyl (C=O) groups is 1.